The summed E-state index contributed by atoms with van der Waals surface area (Å²) in [7, 11) is 0. The number of rotatable bonds is 5. The predicted octanol–water partition coefficient (Wildman–Crippen LogP) is 4.54. The van der Waals surface area contributed by atoms with E-state index in [2.05, 4.69) is 34.9 Å². The maximum atomic E-state index is 13.0. The van der Waals surface area contributed by atoms with Crippen molar-refractivity contribution in [3.8, 4) is 11.4 Å². The maximum absolute atomic E-state index is 13.0. The summed E-state index contributed by atoms with van der Waals surface area (Å²) in [5, 5.41) is 3.93. The molecule has 1 aromatic carbocycles. The van der Waals surface area contributed by atoms with E-state index in [4.69, 9.17) is 11.6 Å². The van der Waals surface area contributed by atoms with Gasteiger partial charge in [0.15, 0.2) is 0 Å². The number of nitrogens with one attached hydrogen (secondary N) is 1. The second-order valence-corrected chi connectivity index (χ2v) is 6.49. The zero-order valence-electron chi connectivity index (χ0n) is 14.5. The zero-order valence-corrected chi connectivity index (χ0v) is 15.2. The van der Waals surface area contributed by atoms with Crippen molar-refractivity contribution in [3.05, 3.63) is 60.4 Å². The number of pyridine rings is 1. The van der Waals surface area contributed by atoms with E-state index in [0.717, 1.165) is 16.6 Å². The minimum Gasteiger partial charge on any atom is -0.346 e. The van der Waals surface area contributed by atoms with Gasteiger partial charge in [-0.1, -0.05) is 29.4 Å². The lowest BCUT2D eigenvalue weighted by Crippen LogP contribution is -2.11. The van der Waals surface area contributed by atoms with Crippen LogP contribution in [-0.4, -0.2) is 25.1 Å². The van der Waals surface area contributed by atoms with E-state index in [0.29, 0.717) is 11.5 Å². The normalized spacial score (nSPS) is 12.9. The van der Waals surface area contributed by atoms with E-state index in [-0.39, 0.29) is 11.9 Å². The molecule has 0 bridgehead atoms. The first-order valence-electron chi connectivity index (χ1n) is 8.26. The van der Waals surface area contributed by atoms with Crippen molar-refractivity contribution in [2.45, 2.75) is 18.3 Å². The molecule has 10 heteroatoms. The highest BCUT2D eigenvalue weighted by Gasteiger charge is 2.35. The maximum Gasteiger partial charge on any atom is 0.400 e. The smallest absolute Gasteiger partial charge is 0.346 e. The van der Waals surface area contributed by atoms with Gasteiger partial charge in [0.1, 0.15) is 0 Å². The molecule has 0 amide bonds. The van der Waals surface area contributed by atoms with Gasteiger partial charge in [0.25, 0.3) is 0 Å². The highest BCUT2D eigenvalue weighted by Crippen LogP contribution is 2.32. The first-order chi connectivity index (χ1) is 13.4. The minimum atomic E-state index is -3.73. The number of aromatic nitrogens is 5. The van der Waals surface area contributed by atoms with Gasteiger partial charge < -0.3 is 9.84 Å². The van der Waals surface area contributed by atoms with Crippen LogP contribution in [0.2, 0.25) is 0 Å². The average Bonchev–Trinajstić information content (AvgIpc) is 3.19. The van der Waals surface area contributed by atoms with Crippen LogP contribution in [0.3, 0.4) is 0 Å². The van der Waals surface area contributed by atoms with E-state index in [1.807, 2.05) is 43.3 Å². The number of hydrogen-bond donors (Lipinski definition) is 1. The van der Waals surface area contributed by atoms with Crippen molar-refractivity contribution in [1.82, 2.24) is 25.1 Å². The fourth-order valence-electron chi connectivity index (χ4n) is 2.56. The molecule has 28 heavy (non-hydrogen) atoms. The molecule has 0 saturated carbocycles. The van der Waals surface area contributed by atoms with Crippen molar-refractivity contribution >= 4 is 28.5 Å². The van der Waals surface area contributed by atoms with Crippen molar-refractivity contribution in [2.75, 3.05) is 5.32 Å². The summed E-state index contributed by atoms with van der Waals surface area (Å²) in [6.07, 6.45) is 2.80. The van der Waals surface area contributed by atoms with Crippen molar-refractivity contribution < 1.29 is 13.3 Å². The number of hydrogen-bond acceptors (Lipinski definition) is 7. The highest BCUT2D eigenvalue weighted by atomic mass is 35.5. The van der Waals surface area contributed by atoms with Crippen LogP contribution in [0, 0.1) is 0 Å². The molecule has 0 spiro atoms. The quantitative estimate of drug-likeness (QED) is 0.490. The van der Waals surface area contributed by atoms with Crippen LogP contribution in [0.15, 0.2) is 53.3 Å². The standard InChI is InChI=1S/C18H13ClF2N6O/c1-10(13-7-6-11-4-2-3-5-14(11)25-13)24-17-22-8-12(9-23-17)15-26-16(28-27-15)18(19,20)21/h2-10H,1H3,(H,22,23,24). The fraction of sp³-hybridized carbons (Fsp3) is 0.167. The van der Waals surface area contributed by atoms with Crippen molar-refractivity contribution in [3.63, 3.8) is 0 Å². The molecule has 4 aromatic rings. The van der Waals surface area contributed by atoms with Crippen LogP contribution in [0.4, 0.5) is 14.7 Å². The molecule has 0 saturated heterocycles. The molecule has 1 unspecified atom stereocenters. The molecule has 4 rings (SSSR count). The Hall–Kier alpha value is -3.20. The molecule has 7 nitrogen and oxygen atoms in total. The van der Waals surface area contributed by atoms with Gasteiger partial charge in [0.2, 0.25) is 11.8 Å². The molecule has 1 N–H and O–H groups in total. The van der Waals surface area contributed by atoms with Crippen molar-refractivity contribution in [1.29, 1.82) is 0 Å². The second-order valence-electron chi connectivity index (χ2n) is 6.01. The molecule has 3 heterocycles. The number of benzene rings is 1. The summed E-state index contributed by atoms with van der Waals surface area (Å²) in [5.41, 5.74) is 2.05. The first-order valence-corrected chi connectivity index (χ1v) is 8.63. The lowest BCUT2D eigenvalue weighted by atomic mass is 10.1. The van der Waals surface area contributed by atoms with Crippen LogP contribution < -0.4 is 5.32 Å². The van der Waals surface area contributed by atoms with Gasteiger partial charge in [0, 0.05) is 17.8 Å². The summed E-state index contributed by atoms with van der Waals surface area (Å²) in [5.74, 6) is -0.717. The Morgan fingerprint density at radius 1 is 1.07 bits per heavy atom. The number of nitrogens with zero attached hydrogens (tertiary/aromatic N) is 5. The molecule has 0 aliphatic heterocycles. The Bertz CT molecular complexity index is 1110. The summed E-state index contributed by atoms with van der Waals surface area (Å²) in [6.45, 7) is 1.93. The van der Waals surface area contributed by atoms with E-state index < -0.39 is 11.3 Å². The largest absolute Gasteiger partial charge is 0.400 e. The van der Waals surface area contributed by atoms with Gasteiger partial charge in [-0.15, -0.1) is 0 Å². The lowest BCUT2D eigenvalue weighted by molar-refractivity contribution is 0.0551. The molecule has 0 aliphatic carbocycles. The van der Waals surface area contributed by atoms with E-state index in [1.165, 1.54) is 12.4 Å². The van der Waals surface area contributed by atoms with Gasteiger partial charge in [-0.2, -0.15) is 13.8 Å². The number of fused-ring (bicyclic) bond motifs is 1. The Morgan fingerprint density at radius 3 is 2.54 bits per heavy atom. The SMILES string of the molecule is CC(Nc1ncc(-c2noc(C(F)(F)Cl)n2)cn1)c1ccc2ccccc2n1. The molecule has 3 aromatic heterocycles. The monoisotopic (exact) mass is 402 g/mol. The van der Waals surface area contributed by atoms with Crippen LogP contribution >= 0.6 is 11.6 Å². The van der Waals surface area contributed by atoms with Gasteiger partial charge in [-0.05, 0) is 30.7 Å². The number of alkyl halides is 3. The first kappa shape index (κ1) is 18.2. The van der Waals surface area contributed by atoms with E-state index >= 15 is 0 Å². The molecule has 0 radical (unpaired) electrons. The highest BCUT2D eigenvalue weighted by molar-refractivity contribution is 6.21. The zero-order chi connectivity index (χ0) is 19.7. The third-order valence-corrected chi connectivity index (χ3v) is 4.15. The van der Waals surface area contributed by atoms with Crippen LogP contribution in [0.1, 0.15) is 24.6 Å². The molecular formula is C18H13ClF2N6O. The molecule has 0 fully saturated rings. The minimum absolute atomic E-state index is 0.0777. The van der Waals surface area contributed by atoms with Crippen LogP contribution in [-0.2, 0) is 5.38 Å². The van der Waals surface area contributed by atoms with Gasteiger partial charge in [0.05, 0.1) is 22.8 Å². The molecular weight excluding hydrogens is 390 g/mol. The van der Waals surface area contributed by atoms with E-state index in [1.54, 1.807) is 0 Å². The number of para-hydroxylation sites is 1. The van der Waals surface area contributed by atoms with Crippen molar-refractivity contribution in [2.24, 2.45) is 0 Å². The van der Waals surface area contributed by atoms with Gasteiger partial charge in [-0.3, -0.25) is 4.98 Å². The Kier molecular flexibility index (Phi) is 4.60. The topological polar surface area (TPSA) is 89.6 Å². The second kappa shape index (κ2) is 7.08. The third kappa shape index (κ3) is 3.74. The predicted molar refractivity (Wildman–Crippen MR) is 98.9 cm³/mol. The Balaban J connectivity index is 1.50. The van der Waals surface area contributed by atoms with E-state index in [9.17, 15) is 8.78 Å². The number of anilines is 1. The Morgan fingerprint density at radius 2 is 1.82 bits per heavy atom. The lowest BCUT2D eigenvalue weighted by Gasteiger charge is -2.13. The fourth-order valence-corrected chi connectivity index (χ4v) is 2.64. The Labute approximate surface area is 162 Å². The van der Waals surface area contributed by atoms with Gasteiger partial charge >= 0.3 is 11.3 Å². The number of halogens is 3. The third-order valence-electron chi connectivity index (χ3n) is 3.99. The summed E-state index contributed by atoms with van der Waals surface area (Å²) >= 11 is 4.86. The van der Waals surface area contributed by atoms with Crippen LogP contribution in [0.25, 0.3) is 22.3 Å². The summed E-state index contributed by atoms with van der Waals surface area (Å²) < 4.78 is 30.4. The molecule has 1 atom stereocenters. The summed E-state index contributed by atoms with van der Waals surface area (Å²) in [6, 6.07) is 11.6. The molecule has 142 valence electrons. The molecule has 0 aliphatic rings. The van der Waals surface area contributed by atoms with Gasteiger partial charge in [-0.25, -0.2) is 9.97 Å². The average molecular weight is 403 g/mol. The van der Waals surface area contributed by atoms with Crippen LogP contribution in [0.5, 0.6) is 0 Å². The summed E-state index contributed by atoms with van der Waals surface area (Å²) in [4.78, 5) is 16.5.